The third kappa shape index (κ3) is 4.69. The van der Waals surface area contributed by atoms with Gasteiger partial charge in [0.15, 0.2) is 5.78 Å². The quantitative estimate of drug-likeness (QED) is 0.842. The van der Waals surface area contributed by atoms with E-state index in [2.05, 4.69) is 10.6 Å². The van der Waals surface area contributed by atoms with Crippen LogP contribution < -0.4 is 10.6 Å². The molecule has 1 heterocycles. The van der Waals surface area contributed by atoms with Gasteiger partial charge >= 0.3 is 0 Å². The Labute approximate surface area is 154 Å². The topological polar surface area (TPSA) is 84.5 Å². The lowest BCUT2D eigenvalue weighted by Gasteiger charge is -2.32. The molecule has 0 saturated carbocycles. The second-order valence-electron chi connectivity index (χ2n) is 8.22. The number of ether oxygens (including phenoxy) is 1. The third-order valence-corrected chi connectivity index (χ3v) is 4.71. The SMILES string of the molecule is CC1OCC(=O)C1(C)NC(=O)C(CC(C)(C)C)NC(=O)c1ccccc1. The van der Waals surface area contributed by atoms with Crippen molar-refractivity contribution < 1.29 is 19.1 Å². The molecule has 1 saturated heterocycles. The minimum atomic E-state index is -1.08. The van der Waals surface area contributed by atoms with E-state index in [1.54, 1.807) is 38.1 Å². The molecule has 2 amide bonds. The molecule has 6 nitrogen and oxygen atoms in total. The molecule has 1 aliphatic rings. The van der Waals surface area contributed by atoms with Gasteiger partial charge in [0.25, 0.3) is 5.91 Å². The maximum Gasteiger partial charge on any atom is 0.251 e. The maximum absolute atomic E-state index is 12.9. The summed E-state index contributed by atoms with van der Waals surface area (Å²) in [7, 11) is 0. The Balaban J connectivity index is 2.17. The van der Waals surface area contributed by atoms with E-state index >= 15 is 0 Å². The Morgan fingerprint density at radius 3 is 2.38 bits per heavy atom. The Hall–Kier alpha value is -2.21. The van der Waals surface area contributed by atoms with Gasteiger partial charge in [0.1, 0.15) is 18.2 Å². The zero-order valence-electron chi connectivity index (χ0n) is 16.1. The van der Waals surface area contributed by atoms with Crippen molar-refractivity contribution in [2.75, 3.05) is 6.61 Å². The van der Waals surface area contributed by atoms with Gasteiger partial charge in [-0.2, -0.15) is 0 Å². The number of hydrogen-bond donors (Lipinski definition) is 2. The fraction of sp³-hybridized carbons (Fsp3) is 0.550. The van der Waals surface area contributed by atoms with E-state index < -0.39 is 17.7 Å². The number of Topliss-reactive ketones (excluding diaryl/α,β-unsaturated/α-hetero) is 1. The smallest absolute Gasteiger partial charge is 0.251 e. The molecule has 1 aliphatic heterocycles. The molecule has 0 spiro atoms. The standard InChI is InChI=1S/C20H28N2O4/c1-13-20(5,16(23)12-26-13)22-18(25)15(11-19(2,3)4)21-17(24)14-9-7-6-8-10-14/h6-10,13,15H,11-12H2,1-5H3,(H,21,24)(H,22,25). The van der Waals surface area contributed by atoms with Crippen LogP contribution in [0.25, 0.3) is 0 Å². The predicted molar refractivity (Wildman–Crippen MR) is 98.7 cm³/mol. The normalized spacial score (nSPS) is 24.2. The number of benzene rings is 1. The second-order valence-corrected chi connectivity index (χ2v) is 8.22. The Kier molecular flexibility index (Phi) is 5.86. The van der Waals surface area contributed by atoms with Gasteiger partial charge in [0.05, 0.1) is 6.10 Å². The third-order valence-electron chi connectivity index (χ3n) is 4.71. The lowest BCUT2D eigenvalue weighted by atomic mass is 9.86. The van der Waals surface area contributed by atoms with Crippen molar-refractivity contribution >= 4 is 17.6 Å². The fourth-order valence-electron chi connectivity index (χ4n) is 2.91. The van der Waals surface area contributed by atoms with E-state index in [0.29, 0.717) is 12.0 Å². The van der Waals surface area contributed by atoms with Crippen LogP contribution in [0.15, 0.2) is 30.3 Å². The average Bonchev–Trinajstić information content (AvgIpc) is 2.81. The van der Waals surface area contributed by atoms with Crippen molar-refractivity contribution in [3.63, 3.8) is 0 Å². The summed E-state index contributed by atoms with van der Waals surface area (Å²) in [6.07, 6.45) is 0.0238. The second kappa shape index (κ2) is 7.58. The van der Waals surface area contributed by atoms with Crippen molar-refractivity contribution in [3.8, 4) is 0 Å². The molecule has 1 aromatic carbocycles. The van der Waals surface area contributed by atoms with Crippen LogP contribution in [0.3, 0.4) is 0 Å². The molecule has 1 fully saturated rings. The predicted octanol–water partition coefficient (Wildman–Crippen LogP) is 2.08. The minimum absolute atomic E-state index is 0.0156. The van der Waals surface area contributed by atoms with Crippen LogP contribution in [0, 0.1) is 5.41 Å². The van der Waals surface area contributed by atoms with Crippen molar-refractivity contribution in [2.24, 2.45) is 5.41 Å². The van der Waals surface area contributed by atoms with E-state index in [4.69, 9.17) is 4.74 Å². The summed E-state index contributed by atoms with van der Waals surface area (Å²) >= 11 is 0. The van der Waals surface area contributed by atoms with Crippen molar-refractivity contribution in [3.05, 3.63) is 35.9 Å². The number of hydrogen-bond acceptors (Lipinski definition) is 4. The lowest BCUT2D eigenvalue weighted by Crippen LogP contribution is -2.60. The van der Waals surface area contributed by atoms with Gasteiger partial charge < -0.3 is 15.4 Å². The van der Waals surface area contributed by atoms with Gasteiger partial charge in [-0.3, -0.25) is 14.4 Å². The highest BCUT2D eigenvalue weighted by molar-refractivity contribution is 6.00. The number of nitrogens with one attached hydrogen (secondary N) is 2. The maximum atomic E-state index is 12.9. The summed E-state index contributed by atoms with van der Waals surface area (Å²) in [4.78, 5) is 37.6. The Morgan fingerprint density at radius 1 is 1.27 bits per heavy atom. The molecular formula is C20H28N2O4. The minimum Gasteiger partial charge on any atom is -0.368 e. The number of amides is 2. The average molecular weight is 360 g/mol. The molecule has 0 radical (unpaired) electrons. The van der Waals surface area contributed by atoms with E-state index in [9.17, 15) is 14.4 Å². The number of rotatable bonds is 5. The van der Waals surface area contributed by atoms with Gasteiger partial charge in [0, 0.05) is 5.56 Å². The van der Waals surface area contributed by atoms with E-state index in [0.717, 1.165) is 0 Å². The molecular weight excluding hydrogens is 332 g/mol. The van der Waals surface area contributed by atoms with Crippen LogP contribution in [-0.2, 0) is 14.3 Å². The molecule has 3 unspecified atom stereocenters. The zero-order chi connectivity index (χ0) is 19.5. The van der Waals surface area contributed by atoms with Crippen LogP contribution in [-0.4, -0.2) is 41.9 Å². The first-order chi connectivity index (χ1) is 12.0. The monoisotopic (exact) mass is 360 g/mol. The number of ketones is 1. The molecule has 3 atom stereocenters. The van der Waals surface area contributed by atoms with Crippen molar-refractivity contribution in [2.45, 2.75) is 58.7 Å². The van der Waals surface area contributed by atoms with Gasteiger partial charge in [0.2, 0.25) is 5.91 Å². The molecule has 0 aliphatic carbocycles. The molecule has 0 aromatic heterocycles. The molecule has 1 aromatic rings. The van der Waals surface area contributed by atoms with E-state index in [1.807, 2.05) is 26.8 Å². The molecule has 2 rings (SSSR count). The van der Waals surface area contributed by atoms with Crippen LogP contribution in [0.4, 0.5) is 0 Å². The van der Waals surface area contributed by atoms with E-state index in [-0.39, 0.29) is 29.6 Å². The summed E-state index contributed by atoms with van der Waals surface area (Å²) in [5, 5.41) is 5.61. The van der Waals surface area contributed by atoms with Crippen molar-refractivity contribution in [1.29, 1.82) is 0 Å². The van der Waals surface area contributed by atoms with Crippen LogP contribution in [0.1, 0.15) is 51.4 Å². The molecule has 6 heteroatoms. The van der Waals surface area contributed by atoms with Crippen LogP contribution in [0.5, 0.6) is 0 Å². The Bertz CT molecular complexity index is 681. The van der Waals surface area contributed by atoms with Crippen molar-refractivity contribution in [1.82, 2.24) is 10.6 Å². The van der Waals surface area contributed by atoms with Gasteiger partial charge in [-0.05, 0) is 37.8 Å². The molecule has 26 heavy (non-hydrogen) atoms. The first kappa shape index (κ1) is 20.1. The van der Waals surface area contributed by atoms with Gasteiger partial charge in [-0.25, -0.2) is 0 Å². The summed E-state index contributed by atoms with van der Waals surface area (Å²) in [6.45, 7) is 9.39. The largest absolute Gasteiger partial charge is 0.368 e. The first-order valence-corrected chi connectivity index (χ1v) is 8.86. The Morgan fingerprint density at radius 2 is 1.88 bits per heavy atom. The fourth-order valence-corrected chi connectivity index (χ4v) is 2.91. The van der Waals surface area contributed by atoms with Crippen LogP contribution >= 0.6 is 0 Å². The summed E-state index contributed by atoms with van der Waals surface area (Å²) in [6, 6.07) is 8.00. The highest BCUT2D eigenvalue weighted by Gasteiger charge is 2.47. The lowest BCUT2D eigenvalue weighted by molar-refractivity contribution is -0.131. The van der Waals surface area contributed by atoms with E-state index in [1.165, 1.54) is 0 Å². The summed E-state index contributed by atoms with van der Waals surface area (Å²) in [5.41, 5.74) is -0.779. The highest BCUT2D eigenvalue weighted by atomic mass is 16.5. The summed E-state index contributed by atoms with van der Waals surface area (Å²) in [5.74, 6) is -0.859. The molecule has 2 N–H and O–H groups in total. The molecule has 0 bridgehead atoms. The van der Waals surface area contributed by atoms with Crippen LogP contribution in [0.2, 0.25) is 0 Å². The molecule has 142 valence electrons. The number of carbonyl (C=O) groups excluding carboxylic acids is 3. The van der Waals surface area contributed by atoms with Gasteiger partial charge in [-0.15, -0.1) is 0 Å². The van der Waals surface area contributed by atoms with Gasteiger partial charge in [-0.1, -0.05) is 39.0 Å². The summed E-state index contributed by atoms with van der Waals surface area (Å²) < 4.78 is 5.36. The highest BCUT2D eigenvalue weighted by Crippen LogP contribution is 2.25. The number of carbonyl (C=O) groups is 3. The first-order valence-electron chi connectivity index (χ1n) is 8.86. The zero-order valence-corrected chi connectivity index (χ0v) is 16.1.